The first-order valence-electron chi connectivity index (χ1n) is 10.1. The molecule has 0 bridgehead atoms. The summed E-state index contributed by atoms with van der Waals surface area (Å²) in [5.74, 6) is 0.203. The fraction of sp³-hybridized carbons (Fsp3) is 0.409. The first-order valence-corrected chi connectivity index (χ1v) is 11.9. The third-order valence-corrected chi connectivity index (χ3v) is 7.69. The van der Waals surface area contributed by atoms with E-state index in [1.54, 1.807) is 18.2 Å². The van der Waals surface area contributed by atoms with Crippen molar-refractivity contribution >= 4 is 27.5 Å². The first kappa shape index (κ1) is 22.7. The van der Waals surface area contributed by atoms with E-state index in [4.69, 9.17) is 11.6 Å². The van der Waals surface area contributed by atoms with Crippen molar-refractivity contribution in [2.75, 3.05) is 32.7 Å². The lowest BCUT2D eigenvalue weighted by molar-refractivity contribution is -0.123. The topological polar surface area (TPSA) is 69.7 Å². The van der Waals surface area contributed by atoms with Crippen LogP contribution >= 0.6 is 11.6 Å². The zero-order valence-electron chi connectivity index (χ0n) is 17.3. The van der Waals surface area contributed by atoms with Gasteiger partial charge in [-0.15, -0.1) is 0 Å². The number of nitrogens with one attached hydrogen (secondary N) is 1. The largest absolute Gasteiger partial charge is 0.348 e. The Hall–Kier alpha value is -1.93. The number of hydrogen-bond donors (Lipinski definition) is 1. The molecule has 0 radical (unpaired) electrons. The van der Waals surface area contributed by atoms with Gasteiger partial charge in [0.25, 0.3) is 0 Å². The highest BCUT2D eigenvalue weighted by atomic mass is 35.5. The predicted octanol–water partition coefficient (Wildman–Crippen LogP) is 3.16. The van der Waals surface area contributed by atoms with Gasteiger partial charge in [-0.1, -0.05) is 67.9 Å². The van der Waals surface area contributed by atoms with Crippen LogP contribution in [0, 0.1) is 5.92 Å². The minimum atomic E-state index is -3.64. The summed E-state index contributed by atoms with van der Waals surface area (Å²) in [6, 6.07) is 16.3. The van der Waals surface area contributed by atoms with Crippen LogP contribution in [0.1, 0.15) is 25.5 Å². The summed E-state index contributed by atoms with van der Waals surface area (Å²) in [7, 11) is -3.64. The molecule has 0 aliphatic carbocycles. The Balaban J connectivity index is 1.56. The zero-order chi connectivity index (χ0) is 21.7. The van der Waals surface area contributed by atoms with Crippen molar-refractivity contribution in [2.24, 2.45) is 5.92 Å². The lowest BCUT2D eigenvalue weighted by atomic mass is 9.96. The normalized spacial score (nSPS) is 17.1. The maximum atomic E-state index is 12.9. The average Bonchev–Trinajstić information content (AvgIpc) is 2.73. The molecule has 1 atom stereocenters. The van der Waals surface area contributed by atoms with Crippen LogP contribution < -0.4 is 5.32 Å². The molecule has 1 amide bonds. The van der Waals surface area contributed by atoms with E-state index in [2.05, 4.69) is 19.2 Å². The van der Waals surface area contributed by atoms with Crippen molar-refractivity contribution < 1.29 is 13.2 Å². The summed E-state index contributed by atoms with van der Waals surface area (Å²) >= 11 is 6.08. The van der Waals surface area contributed by atoms with Crippen molar-refractivity contribution in [1.82, 2.24) is 14.5 Å². The van der Waals surface area contributed by atoms with Crippen LogP contribution in [-0.4, -0.2) is 56.3 Å². The molecule has 0 spiro atoms. The van der Waals surface area contributed by atoms with Gasteiger partial charge >= 0.3 is 0 Å². The summed E-state index contributed by atoms with van der Waals surface area (Å²) in [6.07, 6.45) is 0. The number of nitrogens with zero attached hydrogens (tertiary/aromatic N) is 2. The van der Waals surface area contributed by atoms with Crippen molar-refractivity contribution in [3.63, 3.8) is 0 Å². The van der Waals surface area contributed by atoms with Crippen LogP contribution in [0.2, 0.25) is 5.02 Å². The van der Waals surface area contributed by atoms with Gasteiger partial charge in [-0.05, 0) is 23.6 Å². The lowest BCUT2D eigenvalue weighted by Crippen LogP contribution is -2.51. The summed E-state index contributed by atoms with van der Waals surface area (Å²) < 4.78 is 27.1. The second-order valence-corrected chi connectivity index (χ2v) is 10.1. The Labute approximate surface area is 183 Å². The second kappa shape index (κ2) is 9.92. The molecular formula is C22H28ClN3O3S. The molecule has 0 aromatic heterocycles. The first-order chi connectivity index (χ1) is 14.3. The summed E-state index contributed by atoms with van der Waals surface area (Å²) in [5, 5.41) is 3.35. The van der Waals surface area contributed by atoms with Gasteiger partial charge in [0, 0.05) is 26.2 Å². The van der Waals surface area contributed by atoms with E-state index in [-0.39, 0.29) is 34.3 Å². The van der Waals surface area contributed by atoms with Crippen molar-refractivity contribution in [3.05, 3.63) is 65.2 Å². The van der Waals surface area contributed by atoms with Crippen LogP contribution in [0.15, 0.2) is 59.5 Å². The monoisotopic (exact) mass is 449 g/mol. The van der Waals surface area contributed by atoms with Crippen molar-refractivity contribution in [2.45, 2.75) is 24.8 Å². The van der Waals surface area contributed by atoms with Gasteiger partial charge in [0.05, 0.1) is 17.6 Å². The molecule has 0 saturated carbocycles. The van der Waals surface area contributed by atoms with Gasteiger partial charge < -0.3 is 5.32 Å². The zero-order valence-corrected chi connectivity index (χ0v) is 18.9. The van der Waals surface area contributed by atoms with E-state index in [1.165, 1.54) is 10.4 Å². The molecule has 3 rings (SSSR count). The summed E-state index contributed by atoms with van der Waals surface area (Å²) in [4.78, 5) is 14.7. The van der Waals surface area contributed by atoms with E-state index >= 15 is 0 Å². The minimum Gasteiger partial charge on any atom is -0.348 e. The van der Waals surface area contributed by atoms with Gasteiger partial charge in [0.15, 0.2) is 0 Å². The molecule has 1 fully saturated rings. The predicted molar refractivity (Wildman–Crippen MR) is 119 cm³/mol. The van der Waals surface area contributed by atoms with Crippen molar-refractivity contribution in [3.8, 4) is 0 Å². The molecule has 2 aromatic rings. The minimum absolute atomic E-state index is 0.0550. The number of piperazine rings is 1. The molecule has 2 aromatic carbocycles. The number of hydrogen-bond acceptors (Lipinski definition) is 4. The number of sulfonamides is 1. The molecule has 1 heterocycles. The van der Waals surface area contributed by atoms with Crippen LogP contribution in [0.5, 0.6) is 0 Å². The van der Waals surface area contributed by atoms with E-state index < -0.39 is 10.0 Å². The lowest BCUT2D eigenvalue weighted by Gasteiger charge is -2.34. The molecule has 1 aliphatic heterocycles. The van der Waals surface area contributed by atoms with Gasteiger partial charge in [-0.3, -0.25) is 9.69 Å². The highest BCUT2D eigenvalue weighted by Crippen LogP contribution is 2.25. The third kappa shape index (κ3) is 5.40. The standard InChI is InChI=1S/C22H28ClN3O3S/c1-17(2)22(18-8-4-3-5-9-18)24-21(27)16-25-12-14-26(15-13-25)30(28,29)20-11-7-6-10-19(20)23/h3-11,17,22H,12-16H2,1-2H3,(H,24,27). The molecule has 162 valence electrons. The van der Waals surface area contributed by atoms with Gasteiger partial charge in [0.1, 0.15) is 4.90 Å². The van der Waals surface area contributed by atoms with E-state index in [9.17, 15) is 13.2 Å². The third-order valence-electron chi connectivity index (χ3n) is 5.29. The molecule has 30 heavy (non-hydrogen) atoms. The van der Waals surface area contributed by atoms with Crippen molar-refractivity contribution in [1.29, 1.82) is 0 Å². The Morgan fingerprint density at radius 3 is 2.20 bits per heavy atom. The Morgan fingerprint density at radius 2 is 1.60 bits per heavy atom. The van der Waals surface area contributed by atoms with Crippen LogP contribution in [-0.2, 0) is 14.8 Å². The maximum absolute atomic E-state index is 12.9. The fourth-order valence-corrected chi connectivity index (χ4v) is 5.55. The second-order valence-electron chi connectivity index (χ2n) is 7.81. The molecule has 6 nitrogen and oxygen atoms in total. The molecule has 1 saturated heterocycles. The summed E-state index contributed by atoms with van der Waals surface area (Å²) in [6.45, 7) is 6.05. The molecule has 1 N–H and O–H groups in total. The SMILES string of the molecule is CC(C)C(NC(=O)CN1CCN(S(=O)(=O)c2ccccc2Cl)CC1)c1ccccc1. The number of halogens is 1. The molecule has 8 heteroatoms. The molecule has 1 aliphatic rings. The van der Waals surface area contributed by atoms with Crippen LogP contribution in [0.3, 0.4) is 0 Å². The van der Waals surface area contributed by atoms with Crippen LogP contribution in [0.25, 0.3) is 0 Å². The average molecular weight is 450 g/mol. The molecule has 1 unspecified atom stereocenters. The van der Waals surface area contributed by atoms with E-state index in [0.29, 0.717) is 26.2 Å². The van der Waals surface area contributed by atoms with Gasteiger partial charge in [-0.25, -0.2) is 8.42 Å². The van der Waals surface area contributed by atoms with Crippen LogP contribution in [0.4, 0.5) is 0 Å². The number of rotatable bonds is 7. The fourth-order valence-electron chi connectivity index (χ4n) is 3.64. The van der Waals surface area contributed by atoms with E-state index in [0.717, 1.165) is 5.56 Å². The highest BCUT2D eigenvalue weighted by Gasteiger charge is 2.30. The Morgan fingerprint density at radius 1 is 1.00 bits per heavy atom. The van der Waals surface area contributed by atoms with Gasteiger partial charge in [-0.2, -0.15) is 4.31 Å². The quantitative estimate of drug-likeness (QED) is 0.704. The number of carbonyl (C=O) groups is 1. The number of benzene rings is 2. The van der Waals surface area contributed by atoms with E-state index in [1.807, 2.05) is 35.2 Å². The Kier molecular flexibility index (Phi) is 7.52. The highest BCUT2D eigenvalue weighted by molar-refractivity contribution is 7.89. The maximum Gasteiger partial charge on any atom is 0.244 e. The van der Waals surface area contributed by atoms with Gasteiger partial charge in [0.2, 0.25) is 15.9 Å². The number of amides is 1. The molecular weight excluding hydrogens is 422 g/mol. The Bertz CT molecular complexity index is 959. The number of carbonyl (C=O) groups excluding carboxylic acids is 1. The summed E-state index contributed by atoms with van der Waals surface area (Å²) in [5.41, 5.74) is 1.08. The smallest absolute Gasteiger partial charge is 0.244 e.